The fraction of sp³-hybridized carbons (Fsp3) is 0.262. The molecule has 6 heteroatoms. The van der Waals surface area contributed by atoms with Crippen LogP contribution in [0, 0.1) is 5.92 Å². The van der Waals surface area contributed by atoms with E-state index in [9.17, 15) is 5.11 Å². The molecule has 0 spiro atoms. The summed E-state index contributed by atoms with van der Waals surface area (Å²) in [6.45, 7) is 14.9. The zero-order valence-corrected chi connectivity index (χ0v) is 30.8. The van der Waals surface area contributed by atoms with Gasteiger partial charge in [-0.15, -0.1) is 0 Å². The Hall–Kier alpha value is -4.16. The molecule has 0 radical (unpaired) electrons. The van der Waals surface area contributed by atoms with Crippen LogP contribution in [-0.4, -0.2) is 23.7 Å². The van der Waals surface area contributed by atoms with E-state index in [1.54, 1.807) is 0 Å². The van der Waals surface area contributed by atoms with Gasteiger partial charge in [0, 0.05) is 22.5 Å². The Labute approximate surface area is 291 Å². The summed E-state index contributed by atoms with van der Waals surface area (Å²) < 4.78 is 8.88. The summed E-state index contributed by atoms with van der Waals surface area (Å²) in [5.41, 5.74) is 3.25. The lowest BCUT2D eigenvalue weighted by Gasteiger charge is -2.38. The van der Waals surface area contributed by atoms with Crippen LogP contribution in [0.4, 0.5) is 0 Å². The molecule has 48 heavy (non-hydrogen) atoms. The van der Waals surface area contributed by atoms with Gasteiger partial charge in [0.25, 0.3) is 0 Å². The Balaban J connectivity index is 1.62. The van der Waals surface area contributed by atoms with Crippen LogP contribution in [0.25, 0.3) is 10.8 Å². The fourth-order valence-electron chi connectivity index (χ4n) is 7.02. The van der Waals surface area contributed by atoms with Gasteiger partial charge in [0.05, 0.1) is 17.0 Å². The Morgan fingerprint density at radius 3 is 1.65 bits per heavy atom. The number of rotatable bonds is 9. The molecule has 0 bridgehead atoms. The molecule has 0 saturated heterocycles. The first-order valence-corrected chi connectivity index (χ1v) is 19.9. The number of fused-ring (bicyclic) bond motifs is 1. The van der Waals surface area contributed by atoms with E-state index >= 15 is 0 Å². The maximum Gasteiger partial charge on any atom is 0.229 e. The average Bonchev–Trinajstić information content (AvgIpc) is 3.57. The van der Waals surface area contributed by atoms with Crippen LogP contribution in [0.15, 0.2) is 128 Å². The van der Waals surface area contributed by atoms with Gasteiger partial charge in [-0.1, -0.05) is 161 Å². The van der Waals surface area contributed by atoms with Crippen molar-refractivity contribution in [2.45, 2.75) is 64.3 Å². The van der Waals surface area contributed by atoms with Crippen LogP contribution in [0.3, 0.4) is 0 Å². The summed E-state index contributed by atoms with van der Waals surface area (Å²) in [5, 5.41) is 15.6. The molecular weight excluding hydrogens is 628 g/mol. The fourth-order valence-corrected chi connectivity index (χ4v) is 8.25. The third-order valence-electron chi connectivity index (χ3n) is 9.43. The van der Waals surface area contributed by atoms with Gasteiger partial charge in [-0.25, -0.2) is 4.98 Å². The number of imidazole rings is 1. The second-order valence-electron chi connectivity index (χ2n) is 14.3. The third kappa shape index (κ3) is 5.68. The van der Waals surface area contributed by atoms with E-state index in [-0.39, 0.29) is 11.3 Å². The van der Waals surface area contributed by atoms with Crippen LogP contribution in [-0.2, 0) is 16.6 Å². The van der Waals surface area contributed by atoms with Gasteiger partial charge < -0.3 is 14.1 Å². The van der Waals surface area contributed by atoms with Crippen LogP contribution in [0.1, 0.15) is 68.1 Å². The minimum absolute atomic E-state index is 0.119. The maximum atomic E-state index is 13.1. The Morgan fingerprint density at radius 2 is 1.19 bits per heavy atom. The molecule has 1 unspecified atom stereocenters. The summed E-state index contributed by atoms with van der Waals surface area (Å²) in [6.07, 6.45) is 3.88. The summed E-state index contributed by atoms with van der Waals surface area (Å²) >= 11 is 7.09. The van der Waals surface area contributed by atoms with Crippen molar-refractivity contribution in [1.82, 2.24) is 9.55 Å². The molecule has 4 nitrogen and oxygen atoms in total. The zero-order valence-electron chi connectivity index (χ0n) is 28.9. The van der Waals surface area contributed by atoms with Crippen molar-refractivity contribution < 1.29 is 9.53 Å². The van der Waals surface area contributed by atoms with Gasteiger partial charge in [0.1, 0.15) is 16.9 Å². The molecule has 1 N–H and O–H groups in total. The first-order valence-electron chi connectivity index (χ1n) is 16.8. The lowest BCUT2D eigenvalue weighted by molar-refractivity contribution is 0.0265. The monoisotopic (exact) mass is 672 g/mol. The Kier molecular flexibility index (Phi) is 9.16. The first-order chi connectivity index (χ1) is 22.9. The molecule has 0 aliphatic heterocycles. The second-order valence-corrected chi connectivity index (χ2v) is 17.0. The molecule has 0 saturated carbocycles. The van der Waals surface area contributed by atoms with Crippen molar-refractivity contribution in [3.05, 3.63) is 166 Å². The van der Waals surface area contributed by atoms with Crippen molar-refractivity contribution in [2.75, 3.05) is 0 Å². The van der Waals surface area contributed by atoms with Gasteiger partial charge in [-0.2, -0.15) is 0 Å². The van der Waals surface area contributed by atoms with Crippen LogP contribution >= 0.6 is 11.6 Å². The lowest BCUT2D eigenvalue weighted by Crippen LogP contribution is -2.38. The molecule has 5 aromatic carbocycles. The Bertz CT molecular complexity index is 1920. The van der Waals surface area contributed by atoms with Crippen molar-refractivity contribution in [3.63, 3.8) is 0 Å². The molecule has 0 aliphatic rings. The van der Waals surface area contributed by atoms with Crippen LogP contribution in [0.2, 0.25) is 18.1 Å². The number of halogens is 1. The summed E-state index contributed by atoms with van der Waals surface area (Å²) in [6, 6.07) is 39.7. The van der Waals surface area contributed by atoms with E-state index in [1.807, 2.05) is 56.7 Å². The number of aromatic nitrogens is 2. The summed E-state index contributed by atoms with van der Waals surface area (Å²) in [5.74, 6) is 0.445. The zero-order chi connectivity index (χ0) is 34.3. The smallest absolute Gasteiger partial charge is 0.229 e. The van der Waals surface area contributed by atoms with Crippen LogP contribution in [0.5, 0.6) is 5.75 Å². The quantitative estimate of drug-likeness (QED) is 0.123. The van der Waals surface area contributed by atoms with Gasteiger partial charge in [0.15, 0.2) is 0 Å². The molecule has 1 atom stereocenters. The number of nitrogens with zero attached hydrogens (tertiary/aromatic N) is 2. The second kappa shape index (κ2) is 13.0. The third-order valence-corrected chi connectivity index (χ3v) is 10.5. The minimum atomic E-state index is -1.62. The van der Waals surface area contributed by atoms with Crippen molar-refractivity contribution in [3.8, 4) is 5.75 Å². The number of hydrogen-bond acceptors (Lipinski definition) is 3. The van der Waals surface area contributed by atoms with Crippen molar-refractivity contribution in [1.29, 1.82) is 0 Å². The Morgan fingerprint density at radius 1 is 0.708 bits per heavy atom. The number of benzene rings is 5. The van der Waals surface area contributed by atoms with E-state index in [2.05, 4.69) is 123 Å². The first kappa shape index (κ1) is 33.7. The molecular formula is C42H45ClN2O2Si. The number of hydrogen-bond donors (Lipinski definition) is 1. The van der Waals surface area contributed by atoms with E-state index in [0.29, 0.717) is 17.0 Å². The normalized spacial score (nSPS) is 13.6. The predicted octanol–water partition coefficient (Wildman–Crippen LogP) is 10.1. The molecule has 1 aromatic heterocycles. The standard InChI is InChI=1S/C42H45ClN2O2Si/c1-29(2)42(46,36-26-23-33-34(39(36)47-48(6)7)24-25-35(38(33)43)40(3,4)5)37-27-45(28-44-37)41(30-17-11-8-12-18-30,31-19-13-9-14-20-31)32-21-15-10-16-22-32/h8-29,46,48H,1-7H3. The highest BCUT2D eigenvalue weighted by Crippen LogP contribution is 2.48. The SMILES string of the molecule is CC(C)C(O)(c1cn(C(c2ccccc2)(c2ccccc2)c2ccccc2)cn1)c1ccc2c(Cl)c(C(C)(C)C)ccc2c1O[SiH](C)C. The highest BCUT2D eigenvalue weighted by molar-refractivity contribution is 6.49. The van der Waals surface area contributed by atoms with Gasteiger partial charge in [-0.05, 0) is 46.7 Å². The average molecular weight is 673 g/mol. The van der Waals surface area contributed by atoms with Crippen molar-refractivity contribution >= 4 is 31.4 Å². The van der Waals surface area contributed by atoms with Gasteiger partial charge in [0.2, 0.25) is 9.04 Å². The largest absolute Gasteiger partial charge is 0.546 e. The number of aliphatic hydroxyl groups is 1. The highest BCUT2D eigenvalue weighted by atomic mass is 35.5. The predicted molar refractivity (Wildman–Crippen MR) is 202 cm³/mol. The van der Waals surface area contributed by atoms with E-state index in [4.69, 9.17) is 21.0 Å². The van der Waals surface area contributed by atoms with E-state index in [1.165, 1.54) is 0 Å². The molecule has 0 fully saturated rings. The van der Waals surface area contributed by atoms with Gasteiger partial charge >= 0.3 is 0 Å². The maximum absolute atomic E-state index is 13.1. The highest BCUT2D eigenvalue weighted by Gasteiger charge is 2.44. The summed E-state index contributed by atoms with van der Waals surface area (Å²) in [7, 11) is -1.62. The summed E-state index contributed by atoms with van der Waals surface area (Å²) in [4.78, 5) is 5.04. The molecule has 1 heterocycles. The molecule has 6 rings (SSSR count). The minimum Gasteiger partial charge on any atom is -0.546 e. The van der Waals surface area contributed by atoms with Gasteiger partial charge in [-0.3, -0.25) is 0 Å². The molecule has 246 valence electrons. The molecule has 6 aromatic rings. The topological polar surface area (TPSA) is 47.3 Å². The van der Waals surface area contributed by atoms with E-state index < -0.39 is 20.2 Å². The molecule has 0 amide bonds. The lowest BCUT2D eigenvalue weighted by atomic mass is 9.76. The van der Waals surface area contributed by atoms with Crippen LogP contribution < -0.4 is 4.43 Å². The van der Waals surface area contributed by atoms with Crippen molar-refractivity contribution in [2.24, 2.45) is 5.92 Å². The molecule has 0 aliphatic carbocycles. The van der Waals surface area contributed by atoms with E-state index in [0.717, 1.165) is 38.0 Å².